The van der Waals surface area contributed by atoms with E-state index in [-0.39, 0.29) is 5.41 Å². The predicted molar refractivity (Wildman–Crippen MR) is 188 cm³/mol. The number of allylic oxidation sites excluding steroid dienone is 16. The summed E-state index contributed by atoms with van der Waals surface area (Å²) >= 11 is 0. The molecule has 0 spiro atoms. The van der Waals surface area contributed by atoms with Gasteiger partial charge in [0.2, 0.25) is 0 Å². The van der Waals surface area contributed by atoms with Crippen molar-refractivity contribution in [2.24, 2.45) is 23.7 Å². The lowest BCUT2D eigenvalue weighted by atomic mass is 9.73. The average Bonchev–Trinajstić information content (AvgIpc) is 3.99. The van der Waals surface area contributed by atoms with Crippen molar-refractivity contribution in [1.82, 2.24) is 0 Å². The Bertz CT molecular complexity index is 1790. The van der Waals surface area contributed by atoms with Crippen LogP contribution in [0.1, 0.15) is 81.0 Å². The van der Waals surface area contributed by atoms with Crippen LogP contribution in [0.5, 0.6) is 0 Å². The minimum absolute atomic E-state index is 0.160. The Balaban J connectivity index is 1.11. The minimum Gasteiger partial charge on any atom is -0.102 e. The summed E-state index contributed by atoms with van der Waals surface area (Å²) < 4.78 is 0. The summed E-state index contributed by atoms with van der Waals surface area (Å²) in [6.45, 7) is 13.7. The summed E-state index contributed by atoms with van der Waals surface area (Å²) in [5.41, 5.74) is 16.9. The average molecular weight is 573 g/mol. The predicted octanol–water partition coefficient (Wildman–Crippen LogP) is 11.5. The van der Waals surface area contributed by atoms with Crippen LogP contribution < -0.4 is 0 Å². The van der Waals surface area contributed by atoms with Gasteiger partial charge < -0.3 is 0 Å². The van der Waals surface area contributed by atoms with E-state index >= 15 is 0 Å². The fraction of sp³-hybridized carbons (Fsp3) is 0.318. The molecule has 0 N–H and O–H groups in total. The lowest BCUT2D eigenvalue weighted by molar-refractivity contribution is 0.626. The number of hydrogen-bond donors (Lipinski definition) is 0. The third-order valence-corrected chi connectivity index (χ3v) is 11.6. The van der Waals surface area contributed by atoms with Gasteiger partial charge in [-0.3, -0.25) is 0 Å². The van der Waals surface area contributed by atoms with Crippen LogP contribution in [0.3, 0.4) is 0 Å². The fourth-order valence-electron chi connectivity index (χ4n) is 8.61. The molecule has 0 radical (unpaired) electrons. The third kappa shape index (κ3) is 4.57. The van der Waals surface area contributed by atoms with E-state index in [1.807, 2.05) is 0 Å². The maximum absolute atomic E-state index is 4.60. The molecule has 6 aliphatic rings. The van der Waals surface area contributed by atoms with Crippen LogP contribution >= 0.6 is 0 Å². The maximum atomic E-state index is 4.60. The van der Waals surface area contributed by atoms with Crippen LogP contribution in [0.25, 0.3) is 16.7 Å². The van der Waals surface area contributed by atoms with Crippen LogP contribution in [-0.4, -0.2) is 0 Å². The summed E-state index contributed by atoms with van der Waals surface area (Å²) in [7, 11) is 0. The van der Waals surface area contributed by atoms with Crippen molar-refractivity contribution in [3.63, 3.8) is 0 Å². The molecule has 2 fully saturated rings. The van der Waals surface area contributed by atoms with Crippen molar-refractivity contribution in [3.8, 4) is 0 Å². The molecular formula is C44H44. The first kappa shape index (κ1) is 27.6. The summed E-state index contributed by atoms with van der Waals surface area (Å²) in [4.78, 5) is 0. The summed E-state index contributed by atoms with van der Waals surface area (Å²) in [5, 5.41) is 0. The van der Waals surface area contributed by atoms with E-state index < -0.39 is 0 Å². The number of benzene rings is 2. The van der Waals surface area contributed by atoms with Crippen molar-refractivity contribution in [2.45, 2.75) is 64.2 Å². The Morgan fingerprint density at radius 3 is 2.59 bits per heavy atom. The van der Waals surface area contributed by atoms with Crippen LogP contribution in [0.4, 0.5) is 0 Å². The first-order valence-electron chi connectivity index (χ1n) is 16.9. The molecule has 0 nitrogen and oxygen atoms in total. The Morgan fingerprint density at radius 2 is 1.80 bits per heavy atom. The van der Waals surface area contributed by atoms with Crippen molar-refractivity contribution < 1.29 is 0 Å². The molecule has 0 aliphatic heterocycles. The second-order valence-electron chi connectivity index (χ2n) is 14.0. The van der Waals surface area contributed by atoms with Gasteiger partial charge in [0, 0.05) is 5.41 Å². The van der Waals surface area contributed by atoms with Gasteiger partial charge in [-0.2, -0.15) is 0 Å². The monoisotopic (exact) mass is 572 g/mol. The molecule has 6 aliphatic carbocycles. The van der Waals surface area contributed by atoms with E-state index in [0.29, 0.717) is 0 Å². The van der Waals surface area contributed by atoms with E-state index in [4.69, 9.17) is 0 Å². The molecular weight excluding hydrogens is 528 g/mol. The Kier molecular flexibility index (Phi) is 6.67. The summed E-state index contributed by atoms with van der Waals surface area (Å²) in [5.74, 6) is 3.09. The van der Waals surface area contributed by atoms with Crippen LogP contribution in [0.15, 0.2) is 138 Å². The van der Waals surface area contributed by atoms with Gasteiger partial charge in [-0.25, -0.2) is 0 Å². The molecule has 0 heterocycles. The molecule has 220 valence electrons. The zero-order valence-corrected chi connectivity index (χ0v) is 26.4. The quantitative estimate of drug-likeness (QED) is 0.262. The lowest BCUT2D eigenvalue weighted by Crippen LogP contribution is -2.22. The molecule has 0 bridgehead atoms. The first-order valence-corrected chi connectivity index (χ1v) is 16.9. The zero-order chi connectivity index (χ0) is 30.0. The fourth-order valence-corrected chi connectivity index (χ4v) is 8.61. The second kappa shape index (κ2) is 10.6. The van der Waals surface area contributed by atoms with Gasteiger partial charge >= 0.3 is 0 Å². The standard InChI is InChI=1S/C44H44/c1-5-44(6-2)42-23-30(22-40(31-10-8-7-9-11-31)34-17-16-33-24-36(33)25-34)14-20-38(42)39-21-18-32(27-43(39)44)28(3)13-19-37-29(4)12-15-35-26-41(35)37/h5,7-12,15-18,21-23,25,27,33,35-36,41H,1,3,6,13-14,19-20,24,26H2,2,4H3/b40-22-. The number of fused-ring (bicyclic) bond motifs is 4. The Morgan fingerprint density at radius 1 is 0.955 bits per heavy atom. The molecule has 0 amide bonds. The Labute approximate surface area is 264 Å². The molecule has 5 unspecified atom stereocenters. The minimum atomic E-state index is -0.160. The van der Waals surface area contributed by atoms with Crippen molar-refractivity contribution in [2.75, 3.05) is 0 Å². The van der Waals surface area contributed by atoms with Crippen molar-refractivity contribution in [3.05, 3.63) is 160 Å². The molecule has 2 saturated carbocycles. The summed E-state index contributed by atoms with van der Waals surface area (Å²) in [6, 6.07) is 18.2. The van der Waals surface area contributed by atoms with Crippen LogP contribution in [-0.2, 0) is 5.41 Å². The van der Waals surface area contributed by atoms with E-state index in [0.717, 1.165) is 55.8 Å². The van der Waals surface area contributed by atoms with Crippen LogP contribution in [0.2, 0.25) is 0 Å². The van der Waals surface area contributed by atoms with Gasteiger partial charge in [0.25, 0.3) is 0 Å². The highest BCUT2D eigenvalue weighted by Gasteiger charge is 2.42. The molecule has 0 heteroatoms. The van der Waals surface area contributed by atoms with Crippen molar-refractivity contribution >= 4 is 16.7 Å². The lowest BCUT2D eigenvalue weighted by Gasteiger charge is -2.30. The molecule has 5 atom stereocenters. The van der Waals surface area contributed by atoms with Crippen molar-refractivity contribution in [1.29, 1.82) is 0 Å². The Hall–Kier alpha value is -3.90. The smallest absolute Gasteiger partial charge is 0.0386 e. The SMILES string of the molecule is C=CC1(CC)C2=C(CCC(/C=C(\C3=CC4CC4C=C3)c3ccccc3)=C2)c2ccc(C(=C)CCC3=C(C)C=CC4CC34)cc21. The first-order chi connectivity index (χ1) is 21.5. The summed E-state index contributed by atoms with van der Waals surface area (Å²) in [6.07, 6.45) is 27.3. The number of hydrogen-bond acceptors (Lipinski definition) is 0. The topological polar surface area (TPSA) is 0 Å². The van der Waals surface area contributed by atoms with Gasteiger partial charge in [0.05, 0.1) is 0 Å². The highest BCUT2D eigenvalue weighted by atomic mass is 14.5. The molecule has 0 aromatic heterocycles. The maximum Gasteiger partial charge on any atom is 0.0386 e. The third-order valence-electron chi connectivity index (χ3n) is 11.6. The van der Waals surface area contributed by atoms with E-state index in [2.05, 4.69) is 124 Å². The van der Waals surface area contributed by atoms with E-state index in [1.165, 1.54) is 74.1 Å². The van der Waals surface area contributed by atoms with Gasteiger partial charge in [-0.15, -0.1) is 6.58 Å². The van der Waals surface area contributed by atoms with Gasteiger partial charge in [-0.1, -0.05) is 116 Å². The zero-order valence-electron chi connectivity index (χ0n) is 26.4. The molecule has 2 aromatic carbocycles. The molecule has 8 rings (SSSR count). The van der Waals surface area contributed by atoms with E-state index in [9.17, 15) is 0 Å². The molecule has 0 saturated heterocycles. The van der Waals surface area contributed by atoms with Gasteiger partial charge in [-0.05, 0) is 137 Å². The number of rotatable bonds is 9. The normalized spacial score (nSPS) is 29.4. The second-order valence-corrected chi connectivity index (χ2v) is 14.0. The highest BCUT2D eigenvalue weighted by molar-refractivity contribution is 5.88. The highest BCUT2D eigenvalue weighted by Crippen LogP contribution is 2.55. The molecule has 44 heavy (non-hydrogen) atoms. The molecule has 2 aromatic rings. The van der Waals surface area contributed by atoms with Gasteiger partial charge in [0.15, 0.2) is 0 Å². The largest absolute Gasteiger partial charge is 0.102 e. The van der Waals surface area contributed by atoms with Crippen LogP contribution in [0, 0.1) is 23.7 Å². The van der Waals surface area contributed by atoms with E-state index in [1.54, 1.807) is 5.57 Å². The van der Waals surface area contributed by atoms with Gasteiger partial charge in [0.1, 0.15) is 0 Å².